The van der Waals surface area contributed by atoms with E-state index in [-0.39, 0.29) is 0 Å². The van der Waals surface area contributed by atoms with Gasteiger partial charge in [-0.15, -0.1) is 0 Å². The number of ether oxygens (including phenoxy) is 1. The summed E-state index contributed by atoms with van der Waals surface area (Å²) in [6.07, 6.45) is 2.64. The van der Waals surface area contributed by atoms with Gasteiger partial charge >= 0.3 is 0 Å². The zero-order valence-corrected chi connectivity index (χ0v) is 13.4. The van der Waals surface area contributed by atoms with Gasteiger partial charge in [-0.3, -0.25) is 0 Å². The van der Waals surface area contributed by atoms with Crippen LogP contribution in [0.25, 0.3) is 0 Å². The summed E-state index contributed by atoms with van der Waals surface area (Å²) in [6.45, 7) is 5.96. The molecule has 4 heteroatoms. The Balaban J connectivity index is 1.63. The van der Waals surface area contributed by atoms with Crippen LogP contribution < -0.4 is 10.5 Å². The lowest BCUT2D eigenvalue weighted by Crippen LogP contribution is -2.36. The Bertz CT molecular complexity index is 399. The monoisotopic (exact) mass is 291 g/mol. The molecule has 4 nitrogen and oxygen atoms in total. The Labute approximate surface area is 128 Å². The summed E-state index contributed by atoms with van der Waals surface area (Å²) in [7, 11) is 4.41. The summed E-state index contributed by atoms with van der Waals surface area (Å²) >= 11 is 0. The highest BCUT2D eigenvalue weighted by Gasteiger charge is 2.17. The van der Waals surface area contributed by atoms with Crippen molar-refractivity contribution in [3.8, 4) is 5.75 Å². The maximum atomic E-state index is 5.79. The second kappa shape index (κ2) is 8.37. The van der Waals surface area contributed by atoms with E-state index >= 15 is 0 Å². The van der Waals surface area contributed by atoms with Gasteiger partial charge in [0.15, 0.2) is 0 Å². The molecule has 1 aromatic rings. The van der Waals surface area contributed by atoms with Crippen molar-refractivity contribution in [1.29, 1.82) is 0 Å². The van der Waals surface area contributed by atoms with Crippen molar-refractivity contribution in [1.82, 2.24) is 9.80 Å². The molecule has 0 aromatic heterocycles. The van der Waals surface area contributed by atoms with Crippen LogP contribution in [-0.2, 0) is 6.54 Å². The molecule has 1 fully saturated rings. The minimum Gasteiger partial charge on any atom is -0.492 e. The molecule has 21 heavy (non-hydrogen) atoms. The first-order valence-electron chi connectivity index (χ1n) is 7.96. The van der Waals surface area contributed by atoms with E-state index in [9.17, 15) is 0 Å². The van der Waals surface area contributed by atoms with Crippen molar-refractivity contribution in [2.45, 2.75) is 19.4 Å². The van der Waals surface area contributed by atoms with E-state index in [0.717, 1.165) is 30.4 Å². The van der Waals surface area contributed by atoms with Crippen LogP contribution in [0.3, 0.4) is 0 Å². The lowest BCUT2D eigenvalue weighted by atomic mass is 9.97. The molecule has 0 radical (unpaired) electrons. The Kier molecular flexibility index (Phi) is 6.49. The van der Waals surface area contributed by atoms with Crippen molar-refractivity contribution in [2.24, 2.45) is 11.7 Å². The molecule has 2 rings (SSSR count). The van der Waals surface area contributed by atoms with Gasteiger partial charge in [0.2, 0.25) is 0 Å². The zero-order chi connectivity index (χ0) is 15.1. The van der Waals surface area contributed by atoms with Gasteiger partial charge in [0.05, 0.1) is 0 Å². The minimum absolute atomic E-state index is 0.583. The fourth-order valence-electron chi connectivity index (χ4n) is 2.82. The van der Waals surface area contributed by atoms with Crippen molar-refractivity contribution < 1.29 is 4.74 Å². The molecule has 118 valence electrons. The summed E-state index contributed by atoms with van der Waals surface area (Å²) in [6, 6.07) is 8.05. The van der Waals surface area contributed by atoms with Crippen LogP contribution >= 0.6 is 0 Å². The van der Waals surface area contributed by atoms with E-state index in [1.54, 1.807) is 0 Å². The van der Waals surface area contributed by atoms with Gasteiger partial charge in [-0.25, -0.2) is 0 Å². The van der Waals surface area contributed by atoms with E-state index in [1.165, 1.54) is 32.5 Å². The quantitative estimate of drug-likeness (QED) is 0.832. The number of hydrogen-bond acceptors (Lipinski definition) is 4. The predicted octanol–water partition coefficient (Wildman–Crippen LogP) is 1.80. The SMILES string of the molecule is CN1CCC(CN(C)CCOc2ccc(CN)cc2)CC1. The van der Waals surface area contributed by atoms with Crippen LogP contribution in [-0.4, -0.2) is 56.7 Å². The predicted molar refractivity (Wildman–Crippen MR) is 87.5 cm³/mol. The highest BCUT2D eigenvalue weighted by atomic mass is 16.5. The molecule has 1 aliphatic rings. The van der Waals surface area contributed by atoms with Crippen LogP contribution in [0.15, 0.2) is 24.3 Å². The van der Waals surface area contributed by atoms with Gasteiger partial charge in [0, 0.05) is 19.6 Å². The first-order valence-corrected chi connectivity index (χ1v) is 7.96. The molecule has 1 aliphatic heterocycles. The zero-order valence-electron chi connectivity index (χ0n) is 13.4. The minimum atomic E-state index is 0.583. The van der Waals surface area contributed by atoms with Gasteiger partial charge in [-0.2, -0.15) is 0 Å². The summed E-state index contributed by atoms with van der Waals surface area (Å²) in [5.74, 6) is 1.77. The molecule has 0 aliphatic carbocycles. The number of likely N-dealkylation sites (N-methyl/N-ethyl adjacent to an activating group) is 1. The van der Waals surface area contributed by atoms with E-state index in [4.69, 9.17) is 10.5 Å². The molecule has 1 aromatic carbocycles. The smallest absolute Gasteiger partial charge is 0.119 e. The third-order valence-corrected chi connectivity index (χ3v) is 4.31. The topological polar surface area (TPSA) is 41.7 Å². The van der Waals surface area contributed by atoms with Gasteiger partial charge in [0.25, 0.3) is 0 Å². The van der Waals surface area contributed by atoms with E-state index in [2.05, 4.69) is 23.9 Å². The Morgan fingerprint density at radius 2 is 1.90 bits per heavy atom. The molecule has 1 saturated heterocycles. The van der Waals surface area contributed by atoms with Crippen LogP contribution in [0, 0.1) is 5.92 Å². The normalized spacial score (nSPS) is 17.3. The van der Waals surface area contributed by atoms with Crippen LogP contribution in [0.4, 0.5) is 0 Å². The van der Waals surface area contributed by atoms with E-state index < -0.39 is 0 Å². The van der Waals surface area contributed by atoms with E-state index in [0.29, 0.717) is 6.54 Å². The molecule has 0 saturated carbocycles. The van der Waals surface area contributed by atoms with Gasteiger partial charge < -0.3 is 20.3 Å². The Hall–Kier alpha value is -1.10. The highest BCUT2D eigenvalue weighted by molar-refractivity contribution is 5.27. The molecular formula is C17H29N3O. The Morgan fingerprint density at radius 3 is 2.52 bits per heavy atom. The van der Waals surface area contributed by atoms with Crippen molar-refractivity contribution in [3.05, 3.63) is 29.8 Å². The molecule has 0 unspecified atom stereocenters. The second-order valence-electron chi connectivity index (χ2n) is 6.21. The number of hydrogen-bond donors (Lipinski definition) is 1. The molecule has 0 amide bonds. The van der Waals surface area contributed by atoms with Crippen molar-refractivity contribution >= 4 is 0 Å². The summed E-state index contributed by atoms with van der Waals surface area (Å²) in [5, 5.41) is 0. The number of nitrogens with two attached hydrogens (primary N) is 1. The standard InChI is InChI=1S/C17H29N3O/c1-19-9-7-16(8-10-19)14-20(2)11-12-21-17-5-3-15(13-18)4-6-17/h3-6,16H,7-14,18H2,1-2H3. The lowest BCUT2D eigenvalue weighted by molar-refractivity contribution is 0.162. The van der Waals surface area contributed by atoms with E-state index in [1.807, 2.05) is 24.3 Å². The molecular weight excluding hydrogens is 262 g/mol. The van der Waals surface area contributed by atoms with Crippen molar-refractivity contribution in [2.75, 3.05) is 46.9 Å². The number of piperidine rings is 1. The third-order valence-electron chi connectivity index (χ3n) is 4.31. The maximum absolute atomic E-state index is 5.79. The van der Waals surface area contributed by atoms with Crippen LogP contribution in [0.2, 0.25) is 0 Å². The number of benzene rings is 1. The number of rotatable bonds is 7. The molecule has 0 atom stereocenters. The van der Waals surface area contributed by atoms with Gasteiger partial charge in [-0.1, -0.05) is 12.1 Å². The lowest BCUT2D eigenvalue weighted by Gasteiger charge is -2.31. The first-order chi connectivity index (χ1) is 10.2. The number of likely N-dealkylation sites (tertiary alicyclic amines) is 1. The van der Waals surface area contributed by atoms with Crippen LogP contribution in [0.1, 0.15) is 18.4 Å². The van der Waals surface area contributed by atoms with Crippen molar-refractivity contribution in [3.63, 3.8) is 0 Å². The average molecular weight is 291 g/mol. The van der Waals surface area contributed by atoms with Gasteiger partial charge in [0.1, 0.15) is 12.4 Å². The maximum Gasteiger partial charge on any atom is 0.119 e. The second-order valence-corrected chi connectivity index (χ2v) is 6.21. The molecule has 2 N–H and O–H groups in total. The largest absolute Gasteiger partial charge is 0.492 e. The summed E-state index contributed by atoms with van der Waals surface area (Å²) in [5.41, 5.74) is 6.73. The molecule has 1 heterocycles. The highest BCUT2D eigenvalue weighted by Crippen LogP contribution is 2.17. The summed E-state index contributed by atoms with van der Waals surface area (Å²) in [4.78, 5) is 4.81. The first kappa shape index (κ1) is 16.3. The fraction of sp³-hybridized carbons (Fsp3) is 0.647. The molecule has 0 spiro atoms. The molecule has 0 bridgehead atoms. The third kappa shape index (κ3) is 5.65. The fourth-order valence-corrected chi connectivity index (χ4v) is 2.82. The van der Waals surface area contributed by atoms with Gasteiger partial charge in [-0.05, 0) is 63.6 Å². The van der Waals surface area contributed by atoms with Crippen LogP contribution in [0.5, 0.6) is 5.75 Å². The average Bonchev–Trinajstić information content (AvgIpc) is 2.50. The summed E-state index contributed by atoms with van der Waals surface area (Å²) < 4.78 is 5.79. The Morgan fingerprint density at radius 1 is 1.24 bits per heavy atom. The number of nitrogens with zero attached hydrogens (tertiary/aromatic N) is 2.